The van der Waals surface area contributed by atoms with Crippen LogP contribution in [0.1, 0.15) is 16.7 Å². The number of benzene rings is 3. The molecular weight excluding hydrogens is 482 g/mol. The van der Waals surface area contributed by atoms with Gasteiger partial charge in [-0.15, -0.1) is 0 Å². The van der Waals surface area contributed by atoms with Crippen molar-refractivity contribution in [2.45, 2.75) is 4.75 Å². The van der Waals surface area contributed by atoms with Crippen molar-refractivity contribution < 1.29 is 23.2 Å². The van der Waals surface area contributed by atoms with Gasteiger partial charge in [0.1, 0.15) is 11.5 Å². The van der Waals surface area contributed by atoms with E-state index in [1.54, 1.807) is 0 Å². The van der Waals surface area contributed by atoms with Gasteiger partial charge in [0, 0.05) is 32.3 Å². The molecule has 1 atom stereocenters. The molecule has 0 aliphatic carbocycles. The number of hydrogen-bond donors (Lipinski definition) is 3. The zero-order valence-electron chi connectivity index (χ0n) is 14.3. The third kappa shape index (κ3) is 3.77. The van der Waals surface area contributed by atoms with E-state index in [9.17, 15) is 23.2 Å². The van der Waals surface area contributed by atoms with Gasteiger partial charge in [-0.3, -0.25) is 4.55 Å². The van der Waals surface area contributed by atoms with Crippen LogP contribution in [0.5, 0.6) is 11.5 Å². The normalized spacial score (nSPS) is 13.8. The minimum Gasteiger partial charge on any atom is -0.508 e. The van der Waals surface area contributed by atoms with E-state index >= 15 is 0 Å². The topological polar surface area (TPSA) is 94.8 Å². The maximum Gasteiger partial charge on any atom is 0.283 e. The van der Waals surface area contributed by atoms with E-state index < -0.39 is 20.6 Å². The second-order valence-corrected chi connectivity index (χ2v) is 9.34. The Morgan fingerprint density at radius 2 is 1.45 bits per heavy atom. The summed E-state index contributed by atoms with van der Waals surface area (Å²) in [5.41, 5.74) is -0.530. The first-order valence-corrected chi connectivity index (χ1v) is 10.8. The first-order valence-electron chi connectivity index (χ1n) is 7.89. The summed E-state index contributed by atoms with van der Waals surface area (Å²) < 4.78 is 34.0. The van der Waals surface area contributed by atoms with Gasteiger partial charge in [-0.1, -0.05) is 58.5 Å². The van der Waals surface area contributed by atoms with Crippen molar-refractivity contribution in [3.8, 4) is 11.5 Å². The molecule has 0 radical (unpaired) electrons. The predicted octanol–water partition coefficient (Wildman–Crippen LogP) is 5.89. The number of hydrogen-bond acceptors (Lipinski definition) is 4. The van der Waals surface area contributed by atoms with E-state index in [0.717, 1.165) is 12.1 Å². The van der Waals surface area contributed by atoms with Gasteiger partial charge >= 0.3 is 0 Å². The maximum absolute atomic E-state index is 13.0. The van der Waals surface area contributed by atoms with Crippen molar-refractivity contribution in [2.24, 2.45) is 0 Å². The van der Waals surface area contributed by atoms with E-state index in [0.29, 0.717) is 0 Å². The van der Waals surface area contributed by atoms with Crippen molar-refractivity contribution >= 4 is 56.5 Å². The fourth-order valence-corrected chi connectivity index (χ4v) is 5.52. The van der Waals surface area contributed by atoms with Gasteiger partial charge in [-0.25, -0.2) is 0 Å². The lowest BCUT2D eigenvalue weighted by Crippen LogP contribution is -2.39. The van der Waals surface area contributed by atoms with Crippen LogP contribution in [0.3, 0.4) is 0 Å². The van der Waals surface area contributed by atoms with Crippen LogP contribution in [0, 0.1) is 0 Å². The Bertz CT molecular complexity index is 1210. The molecule has 0 aromatic heterocycles. The summed E-state index contributed by atoms with van der Waals surface area (Å²) in [6.45, 7) is 0. The number of aromatic hydroxyl groups is 2. The Morgan fingerprint density at radius 1 is 0.793 bits per heavy atom. The lowest BCUT2D eigenvalue weighted by molar-refractivity contribution is 0.455. The van der Waals surface area contributed by atoms with Crippen LogP contribution in [0.2, 0.25) is 20.1 Å². The molecule has 0 amide bonds. The van der Waals surface area contributed by atoms with Crippen LogP contribution >= 0.6 is 46.4 Å². The quantitative estimate of drug-likeness (QED) is 0.311. The number of phenolic OH excluding ortho intramolecular Hbond substituents is 2. The lowest BCUT2D eigenvalue weighted by atomic mass is 9.83. The van der Waals surface area contributed by atoms with Crippen molar-refractivity contribution in [1.82, 2.24) is 0 Å². The Kier molecular flexibility index (Phi) is 5.98. The van der Waals surface area contributed by atoms with Crippen LogP contribution in [0.25, 0.3) is 0 Å². The average Bonchev–Trinajstić information content (AvgIpc) is 2.61. The molecule has 3 rings (SSSR count). The number of rotatable bonds is 4. The van der Waals surface area contributed by atoms with Gasteiger partial charge in [-0.2, -0.15) is 8.42 Å². The van der Waals surface area contributed by atoms with Crippen molar-refractivity contribution in [2.75, 3.05) is 0 Å². The van der Waals surface area contributed by atoms with Gasteiger partial charge in [0.2, 0.25) is 0 Å². The molecule has 0 aliphatic rings. The summed E-state index contributed by atoms with van der Waals surface area (Å²) in [5.74, 6) is -0.795. The molecular formula is C19H12Cl4O5S. The maximum atomic E-state index is 13.0. The Hall–Kier alpha value is -1.67. The summed E-state index contributed by atoms with van der Waals surface area (Å²) in [6, 6.07) is 11.5. The fourth-order valence-electron chi connectivity index (χ4n) is 3.21. The van der Waals surface area contributed by atoms with E-state index in [2.05, 4.69) is 0 Å². The minimum atomic E-state index is -5.11. The Labute approximate surface area is 186 Å². The van der Waals surface area contributed by atoms with Crippen molar-refractivity contribution in [1.29, 1.82) is 0 Å². The van der Waals surface area contributed by atoms with Gasteiger partial charge in [-0.05, 0) is 42.0 Å². The number of halogens is 4. The molecule has 0 heterocycles. The molecule has 3 N–H and O–H groups in total. The molecule has 0 spiro atoms. The standard InChI is InChI=1S/C19H12Cl4O5S/c20-11-4-5-16(22)14(7-11)19(29(26,27)28,10-2-1-3-13(24)6-10)15-8-12(21)9-17(25)18(15)23/h1-9,24-25H,(H,26,27,28). The molecule has 29 heavy (non-hydrogen) atoms. The Morgan fingerprint density at radius 3 is 2.07 bits per heavy atom. The smallest absolute Gasteiger partial charge is 0.283 e. The highest BCUT2D eigenvalue weighted by Gasteiger charge is 2.51. The highest BCUT2D eigenvalue weighted by atomic mass is 35.5. The molecule has 5 nitrogen and oxygen atoms in total. The number of phenols is 2. The minimum absolute atomic E-state index is 0.0479. The molecule has 0 fully saturated rings. The first-order chi connectivity index (χ1) is 13.5. The molecule has 0 saturated heterocycles. The SMILES string of the molecule is O=S(=O)(O)C(c1cccc(O)c1)(c1cc(Cl)ccc1Cl)c1cc(Cl)cc(O)c1Cl. The van der Waals surface area contributed by atoms with Gasteiger partial charge in [0.05, 0.1) is 5.02 Å². The second-order valence-electron chi connectivity index (χ2n) is 6.12. The molecule has 0 saturated carbocycles. The van der Waals surface area contributed by atoms with Crippen LogP contribution in [0.4, 0.5) is 0 Å². The van der Waals surface area contributed by atoms with E-state index in [4.69, 9.17) is 46.4 Å². The molecule has 3 aromatic rings. The Balaban J connectivity index is 2.65. The predicted molar refractivity (Wildman–Crippen MR) is 114 cm³/mol. The summed E-state index contributed by atoms with van der Waals surface area (Å²) in [6.07, 6.45) is 0. The zero-order chi connectivity index (χ0) is 21.6. The third-order valence-corrected chi connectivity index (χ3v) is 6.97. The summed E-state index contributed by atoms with van der Waals surface area (Å²) in [5, 5.41) is 19.8. The van der Waals surface area contributed by atoms with E-state index in [-0.39, 0.29) is 42.5 Å². The van der Waals surface area contributed by atoms with Crippen LogP contribution < -0.4 is 0 Å². The second kappa shape index (κ2) is 7.87. The molecule has 0 bridgehead atoms. The molecule has 1 unspecified atom stereocenters. The molecule has 10 heteroatoms. The first kappa shape index (κ1) is 22.0. The summed E-state index contributed by atoms with van der Waals surface area (Å²) in [4.78, 5) is 0. The zero-order valence-corrected chi connectivity index (χ0v) is 18.1. The van der Waals surface area contributed by atoms with Crippen molar-refractivity contribution in [3.05, 3.63) is 91.4 Å². The monoisotopic (exact) mass is 492 g/mol. The highest BCUT2D eigenvalue weighted by molar-refractivity contribution is 7.87. The van der Waals surface area contributed by atoms with Crippen LogP contribution in [-0.2, 0) is 14.9 Å². The van der Waals surface area contributed by atoms with Crippen molar-refractivity contribution in [3.63, 3.8) is 0 Å². The van der Waals surface area contributed by atoms with Gasteiger partial charge < -0.3 is 10.2 Å². The summed E-state index contributed by atoms with van der Waals surface area (Å²) >= 11 is 24.7. The highest BCUT2D eigenvalue weighted by Crippen LogP contribution is 2.51. The average molecular weight is 494 g/mol. The fraction of sp³-hybridized carbons (Fsp3) is 0.0526. The largest absolute Gasteiger partial charge is 0.508 e. The van der Waals surface area contributed by atoms with Crippen LogP contribution in [0.15, 0.2) is 54.6 Å². The van der Waals surface area contributed by atoms with Crippen LogP contribution in [-0.4, -0.2) is 23.2 Å². The van der Waals surface area contributed by atoms with E-state index in [1.807, 2.05) is 0 Å². The lowest BCUT2D eigenvalue weighted by Gasteiger charge is -2.34. The molecule has 0 aliphatic heterocycles. The van der Waals surface area contributed by atoms with Gasteiger partial charge in [0.15, 0.2) is 4.75 Å². The van der Waals surface area contributed by atoms with Gasteiger partial charge in [0.25, 0.3) is 10.1 Å². The summed E-state index contributed by atoms with van der Waals surface area (Å²) in [7, 11) is -5.11. The van der Waals surface area contributed by atoms with E-state index in [1.165, 1.54) is 42.5 Å². The molecule has 152 valence electrons. The molecule has 3 aromatic carbocycles. The third-order valence-electron chi connectivity index (χ3n) is 4.34.